The third-order valence-electron chi connectivity index (χ3n) is 6.62. The molecule has 5 rings (SSSR count). The van der Waals surface area contributed by atoms with Gasteiger partial charge in [0.2, 0.25) is 0 Å². The van der Waals surface area contributed by atoms with Crippen molar-refractivity contribution in [3.05, 3.63) is 93.0 Å². The minimum Gasteiger partial charge on any atom is -0.370 e. The second kappa shape index (κ2) is 9.18. The molecular formula is C27H26ClFN4O. The molecule has 0 unspecified atom stereocenters. The lowest BCUT2D eigenvalue weighted by atomic mass is 9.89. The predicted octanol–water partition coefficient (Wildman–Crippen LogP) is 5.65. The fourth-order valence-corrected chi connectivity index (χ4v) is 5.31. The van der Waals surface area contributed by atoms with Gasteiger partial charge in [-0.05, 0) is 81.0 Å². The summed E-state index contributed by atoms with van der Waals surface area (Å²) in [6.45, 7) is 5.37. The lowest BCUT2D eigenvalue weighted by molar-refractivity contribution is 0.404. The number of benzene rings is 2. The Morgan fingerprint density at radius 1 is 1.09 bits per heavy atom. The van der Waals surface area contributed by atoms with Gasteiger partial charge in [0.15, 0.2) is 0 Å². The molecule has 1 saturated heterocycles. The second-order valence-corrected chi connectivity index (χ2v) is 9.44. The number of fused-ring (bicyclic) bond motifs is 1. The van der Waals surface area contributed by atoms with Crippen LogP contribution in [0.25, 0.3) is 16.6 Å². The molecule has 3 heterocycles. The van der Waals surface area contributed by atoms with Gasteiger partial charge >= 0.3 is 0 Å². The van der Waals surface area contributed by atoms with Gasteiger partial charge in [0, 0.05) is 36.4 Å². The summed E-state index contributed by atoms with van der Waals surface area (Å²) in [7, 11) is 0. The van der Waals surface area contributed by atoms with E-state index in [2.05, 4.69) is 14.9 Å². The van der Waals surface area contributed by atoms with Crippen LogP contribution in [0.1, 0.15) is 29.9 Å². The number of hydrogen-bond acceptors (Lipinski definition) is 4. The first-order valence-corrected chi connectivity index (χ1v) is 11.9. The van der Waals surface area contributed by atoms with Gasteiger partial charge in [0.1, 0.15) is 11.6 Å². The molecule has 0 aliphatic carbocycles. The highest BCUT2D eigenvalue weighted by molar-refractivity contribution is 6.33. The summed E-state index contributed by atoms with van der Waals surface area (Å²) in [6, 6.07) is 14.2. The van der Waals surface area contributed by atoms with Gasteiger partial charge in [0.05, 0.1) is 21.9 Å². The van der Waals surface area contributed by atoms with E-state index < -0.39 is 0 Å². The third kappa shape index (κ3) is 4.42. The van der Waals surface area contributed by atoms with Gasteiger partial charge in [-0.25, -0.2) is 9.37 Å². The van der Waals surface area contributed by atoms with Crippen molar-refractivity contribution < 1.29 is 4.39 Å². The van der Waals surface area contributed by atoms with Crippen LogP contribution in [-0.2, 0) is 6.42 Å². The first kappa shape index (κ1) is 22.5. The van der Waals surface area contributed by atoms with Gasteiger partial charge in [-0.1, -0.05) is 17.7 Å². The molecule has 7 heteroatoms. The molecule has 1 aliphatic heterocycles. The van der Waals surface area contributed by atoms with E-state index in [9.17, 15) is 9.18 Å². The first-order chi connectivity index (χ1) is 16.4. The molecule has 1 aliphatic rings. The molecule has 0 radical (unpaired) electrons. The molecule has 174 valence electrons. The molecule has 2 aromatic carbocycles. The number of nitrogens with zero attached hydrogens (tertiary/aromatic N) is 4. The number of aromatic nitrogens is 3. The van der Waals surface area contributed by atoms with Crippen molar-refractivity contribution in [2.75, 3.05) is 18.0 Å². The zero-order chi connectivity index (χ0) is 23.8. The lowest BCUT2D eigenvalue weighted by Crippen LogP contribution is -2.34. The van der Waals surface area contributed by atoms with Crippen LogP contribution in [0.3, 0.4) is 0 Å². The summed E-state index contributed by atoms with van der Waals surface area (Å²) < 4.78 is 15.7. The van der Waals surface area contributed by atoms with Gasteiger partial charge in [-0.2, -0.15) is 0 Å². The lowest BCUT2D eigenvalue weighted by Gasteiger charge is -2.34. The summed E-state index contributed by atoms with van der Waals surface area (Å²) in [4.78, 5) is 23.7. The molecule has 0 bridgehead atoms. The number of aryl methyl sites for hydroxylation is 2. The van der Waals surface area contributed by atoms with Crippen LogP contribution >= 0.6 is 11.6 Å². The summed E-state index contributed by atoms with van der Waals surface area (Å²) in [6.07, 6.45) is 4.56. The van der Waals surface area contributed by atoms with Crippen LogP contribution in [0, 0.1) is 25.6 Å². The van der Waals surface area contributed by atoms with Crippen molar-refractivity contribution in [3.8, 4) is 5.69 Å². The molecular weight excluding hydrogens is 451 g/mol. The van der Waals surface area contributed by atoms with Crippen molar-refractivity contribution in [2.45, 2.75) is 33.1 Å². The Morgan fingerprint density at radius 2 is 1.88 bits per heavy atom. The van der Waals surface area contributed by atoms with E-state index in [1.54, 1.807) is 22.9 Å². The summed E-state index contributed by atoms with van der Waals surface area (Å²) in [5.41, 5.74) is 4.13. The maximum Gasteiger partial charge on any atom is 0.258 e. The SMILES string of the molecule is Cc1cc(=O)n(-c2ccc(N3CCC(Cc4cc(F)cc5cccnc45)CC3)c(Cl)c2)c(C)n1. The van der Waals surface area contributed by atoms with Crippen LogP contribution in [0.4, 0.5) is 10.1 Å². The minimum atomic E-state index is -0.210. The Hall–Kier alpha value is -3.25. The highest BCUT2D eigenvalue weighted by atomic mass is 35.5. The molecule has 0 N–H and O–H groups in total. The predicted molar refractivity (Wildman–Crippen MR) is 135 cm³/mol. The molecule has 0 saturated carbocycles. The Labute approximate surface area is 202 Å². The zero-order valence-corrected chi connectivity index (χ0v) is 20.0. The third-order valence-corrected chi connectivity index (χ3v) is 6.92. The number of rotatable bonds is 4. The summed E-state index contributed by atoms with van der Waals surface area (Å²) >= 11 is 6.67. The Kier molecular flexibility index (Phi) is 6.09. The average Bonchev–Trinajstić information content (AvgIpc) is 2.79. The number of pyridine rings is 1. The zero-order valence-electron chi connectivity index (χ0n) is 19.3. The van der Waals surface area contributed by atoms with Gasteiger partial charge in [-0.15, -0.1) is 0 Å². The standard InChI is InChI=1S/C27H26ClFN4O/c1-17-12-26(34)33(18(2)31-17)23-5-6-25(24(28)16-23)32-10-7-19(8-11-32)13-21-15-22(29)14-20-4-3-9-30-27(20)21/h3-6,9,12,14-16,19H,7-8,10-11,13H2,1-2H3. The quantitative estimate of drug-likeness (QED) is 0.382. The number of halogens is 2. The van der Waals surface area contributed by atoms with E-state index in [-0.39, 0.29) is 11.4 Å². The fraction of sp³-hybridized carbons (Fsp3) is 0.296. The largest absolute Gasteiger partial charge is 0.370 e. The Bertz CT molecular complexity index is 1430. The molecule has 34 heavy (non-hydrogen) atoms. The van der Waals surface area contributed by atoms with Gasteiger partial charge in [-0.3, -0.25) is 14.3 Å². The number of piperidine rings is 1. The Balaban J connectivity index is 1.31. The fourth-order valence-electron chi connectivity index (χ4n) is 5.02. The van der Waals surface area contributed by atoms with Crippen LogP contribution in [0.5, 0.6) is 0 Å². The van der Waals surface area contributed by atoms with Crippen LogP contribution in [-0.4, -0.2) is 27.6 Å². The highest BCUT2D eigenvalue weighted by Crippen LogP contribution is 2.33. The van der Waals surface area contributed by atoms with E-state index in [4.69, 9.17) is 11.6 Å². The maximum absolute atomic E-state index is 14.1. The molecule has 0 amide bonds. The summed E-state index contributed by atoms with van der Waals surface area (Å²) in [5, 5.41) is 1.46. The van der Waals surface area contributed by atoms with Crippen molar-refractivity contribution in [2.24, 2.45) is 5.92 Å². The van der Waals surface area contributed by atoms with Crippen LogP contribution < -0.4 is 10.5 Å². The first-order valence-electron chi connectivity index (χ1n) is 11.5. The van der Waals surface area contributed by atoms with Gasteiger partial charge in [0.25, 0.3) is 5.56 Å². The van der Waals surface area contributed by atoms with Crippen molar-refractivity contribution >= 4 is 28.2 Å². The van der Waals surface area contributed by atoms with E-state index >= 15 is 0 Å². The van der Waals surface area contributed by atoms with Crippen molar-refractivity contribution in [3.63, 3.8) is 0 Å². The topological polar surface area (TPSA) is 51.0 Å². The molecule has 0 spiro atoms. The molecule has 1 fully saturated rings. The molecule has 4 aromatic rings. The molecule has 5 nitrogen and oxygen atoms in total. The van der Waals surface area contributed by atoms with Gasteiger partial charge < -0.3 is 4.90 Å². The summed E-state index contributed by atoms with van der Waals surface area (Å²) in [5.74, 6) is 0.882. The monoisotopic (exact) mass is 476 g/mol. The van der Waals surface area contributed by atoms with E-state index in [0.717, 1.165) is 54.5 Å². The minimum absolute atomic E-state index is 0.117. The number of anilines is 1. The molecule has 2 aromatic heterocycles. The van der Waals surface area contributed by atoms with E-state index in [1.807, 2.05) is 44.2 Å². The van der Waals surface area contributed by atoms with Crippen LogP contribution in [0.2, 0.25) is 5.02 Å². The maximum atomic E-state index is 14.1. The number of hydrogen-bond donors (Lipinski definition) is 0. The second-order valence-electron chi connectivity index (χ2n) is 9.03. The normalized spacial score (nSPS) is 14.6. The van der Waals surface area contributed by atoms with Crippen molar-refractivity contribution in [1.82, 2.24) is 14.5 Å². The van der Waals surface area contributed by atoms with E-state index in [0.29, 0.717) is 28.1 Å². The van der Waals surface area contributed by atoms with Crippen LogP contribution in [0.15, 0.2) is 59.5 Å². The average molecular weight is 477 g/mol. The molecule has 0 atom stereocenters. The highest BCUT2D eigenvalue weighted by Gasteiger charge is 2.22. The smallest absolute Gasteiger partial charge is 0.258 e. The van der Waals surface area contributed by atoms with Crippen molar-refractivity contribution in [1.29, 1.82) is 0 Å². The Morgan fingerprint density at radius 3 is 2.62 bits per heavy atom. The van der Waals surface area contributed by atoms with E-state index in [1.165, 1.54) is 6.07 Å².